The van der Waals surface area contributed by atoms with Gasteiger partial charge in [-0.15, -0.1) is 0 Å². The maximum Gasteiger partial charge on any atom is 0.243 e. The average molecular weight is 610 g/mol. The van der Waals surface area contributed by atoms with E-state index in [9.17, 15) is 24.0 Å². The molecule has 0 fully saturated rings. The zero-order chi connectivity index (χ0) is 30.8. The summed E-state index contributed by atoms with van der Waals surface area (Å²) in [5, 5.41) is 11.2. The van der Waals surface area contributed by atoms with E-state index in [2.05, 4.69) is 21.3 Å². The number of unbranched alkanes of at least 4 members (excludes halogenated alkanes) is 1. The van der Waals surface area contributed by atoms with E-state index < -0.39 is 36.0 Å². The molecule has 1 rings (SSSR count). The minimum Gasteiger partial charge on any atom is -0.354 e. The first-order valence-electron chi connectivity index (χ1n) is 14.0. The Balaban J connectivity index is 2.95. The molecule has 230 valence electrons. The van der Waals surface area contributed by atoms with Gasteiger partial charge in [0.1, 0.15) is 18.1 Å². The van der Waals surface area contributed by atoms with Gasteiger partial charge >= 0.3 is 0 Å². The number of thioether (sulfide) groups is 2. The Hall–Kier alpha value is -2.57. The Morgan fingerprint density at radius 1 is 0.829 bits per heavy atom. The van der Waals surface area contributed by atoms with Crippen molar-refractivity contribution in [2.75, 3.05) is 24.8 Å². The van der Waals surface area contributed by atoms with Crippen LogP contribution in [0.5, 0.6) is 0 Å². The quantitative estimate of drug-likeness (QED) is 0.149. The zero-order valence-corrected chi connectivity index (χ0v) is 26.5. The molecule has 0 spiro atoms. The van der Waals surface area contributed by atoms with Crippen molar-refractivity contribution in [1.82, 2.24) is 21.3 Å². The van der Waals surface area contributed by atoms with Crippen molar-refractivity contribution in [2.45, 2.75) is 83.5 Å². The van der Waals surface area contributed by atoms with Crippen molar-refractivity contribution in [3.63, 3.8) is 0 Å². The van der Waals surface area contributed by atoms with Gasteiger partial charge < -0.3 is 27.0 Å². The summed E-state index contributed by atoms with van der Waals surface area (Å²) in [5.41, 5.74) is 6.74. The predicted octanol–water partition coefficient (Wildman–Crippen LogP) is 2.01. The highest BCUT2D eigenvalue weighted by atomic mass is 32.2. The van der Waals surface area contributed by atoms with E-state index in [0.29, 0.717) is 44.4 Å². The van der Waals surface area contributed by atoms with Crippen LogP contribution in [0.3, 0.4) is 0 Å². The highest BCUT2D eigenvalue weighted by Gasteiger charge is 2.30. The summed E-state index contributed by atoms with van der Waals surface area (Å²) in [6, 6.07) is 6.35. The van der Waals surface area contributed by atoms with Crippen LogP contribution in [0.1, 0.15) is 58.4 Å². The molecule has 0 bridgehead atoms. The van der Waals surface area contributed by atoms with Crippen LogP contribution >= 0.6 is 23.5 Å². The normalized spacial score (nSPS) is 13.9. The average Bonchev–Trinajstić information content (AvgIpc) is 2.93. The van der Waals surface area contributed by atoms with E-state index in [1.807, 2.05) is 50.4 Å². The van der Waals surface area contributed by atoms with Crippen LogP contribution in [-0.4, -0.2) is 77.7 Å². The van der Waals surface area contributed by atoms with Crippen molar-refractivity contribution >= 4 is 52.3 Å². The lowest BCUT2D eigenvalue weighted by atomic mass is 10.0. The van der Waals surface area contributed by atoms with Gasteiger partial charge in [0.2, 0.25) is 28.7 Å². The largest absolute Gasteiger partial charge is 0.354 e. The van der Waals surface area contributed by atoms with E-state index in [0.717, 1.165) is 17.3 Å². The second-order valence-corrected chi connectivity index (χ2v) is 12.2. The third kappa shape index (κ3) is 15.3. The second-order valence-electron chi connectivity index (χ2n) is 10.4. The summed E-state index contributed by atoms with van der Waals surface area (Å²) in [7, 11) is 0. The van der Waals surface area contributed by atoms with Crippen LogP contribution in [-0.2, 0) is 30.4 Å². The first-order chi connectivity index (χ1) is 19.5. The van der Waals surface area contributed by atoms with Crippen molar-refractivity contribution in [3.8, 4) is 0 Å². The van der Waals surface area contributed by atoms with E-state index in [1.165, 1.54) is 6.92 Å². The molecule has 0 aliphatic carbocycles. The SMILES string of the molecule is CSCCC(NC(C)=O)C(=O)NC(CC(C)C)C(=O)NC(Cc1ccccc1)C(=O)NCCCCC(N)C(=O)SC. The number of hydrogen-bond acceptors (Lipinski definition) is 8. The lowest BCUT2D eigenvalue weighted by Crippen LogP contribution is -2.57. The molecular formula is C29H47N5O5S2. The summed E-state index contributed by atoms with van der Waals surface area (Å²) in [4.78, 5) is 63.1. The Morgan fingerprint density at radius 3 is 2.05 bits per heavy atom. The third-order valence-electron chi connectivity index (χ3n) is 6.31. The summed E-state index contributed by atoms with van der Waals surface area (Å²) < 4.78 is 0. The first kappa shape index (κ1) is 36.5. The molecular weight excluding hydrogens is 562 g/mol. The number of nitrogens with one attached hydrogen (secondary N) is 4. The summed E-state index contributed by atoms with van der Waals surface area (Å²) in [6.45, 7) is 5.61. The maximum absolute atomic E-state index is 13.5. The highest BCUT2D eigenvalue weighted by Crippen LogP contribution is 2.10. The van der Waals surface area contributed by atoms with Crippen LogP contribution < -0.4 is 27.0 Å². The molecule has 0 radical (unpaired) electrons. The van der Waals surface area contributed by atoms with Gasteiger partial charge in [-0.1, -0.05) is 55.9 Å². The van der Waals surface area contributed by atoms with Crippen LogP contribution in [0.4, 0.5) is 0 Å². The minimum absolute atomic E-state index is 0.0598. The van der Waals surface area contributed by atoms with Crippen molar-refractivity contribution in [3.05, 3.63) is 35.9 Å². The minimum atomic E-state index is -0.880. The zero-order valence-electron chi connectivity index (χ0n) is 24.9. The number of rotatable bonds is 19. The van der Waals surface area contributed by atoms with Crippen LogP contribution in [0.2, 0.25) is 0 Å². The van der Waals surface area contributed by atoms with Crippen LogP contribution in [0.15, 0.2) is 30.3 Å². The number of carbonyl (C=O) groups is 5. The summed E-state index contributed by atoms with van der Waals surface area (Å²) in [5.74, 6) is -0.806. The highest BCUT2D eigenvalue weighted by molar-refractivity contribution is 8.13. The molecule has 0 saturated heterocycles. The second kappa shape index (κ2) is 20.3. The Bertz CT molecular complexity index is 980. The fourth-order valence-electron chi connectivity index (χ4n) is 4.15. The van der Waals surface area contributed by atoms with Crippen LogP contribution in [0.25, 0.3) is 0 Å². The summed E-state index contributed by atoms with van der Waals surface area (Å²) in [6.07, 6.45) is 6.53. The molecule has 4 unspecified atom stereocenters. The van der Waals surface area contributed by atoms with E-state index in [4.69, 9.17) is 5.73 Å². The molecule has 0 heterocycles. The third-order valence-corrected chi connectivity index (χ3v) is 7.65. The molecule has 0 aromatic heterocycles. The molecule has 0 saturated carbocycles. The maximum atomic E-state index is 13.5. The van der Waals surface area contributed by atoms with Crippen molar-refractivity contribution in [2.24, 2.45) is 11.7 Å². The van der Waals surface area contributed by atoms with E-state index in [-0.39, 0.29) is 29.3 Å². The van der Waals surface area contributed by atoms with Gasteiger partial charge in [-0.25, -0.2) is 0 Å². The number of amides is 4. The first-order valence-corrected chi connectivity index (χ1v) is 16.6. The number of nitrogens with two attached hydrogens (primary N) is 1. The Kier molecular flexibility index (Phi) is 18.1. The van der Waals surface area contributed by atoms with Gasteiger partial charge in [0.05, 0.1) is 6.04 Å². The molecule has 4 atom stereocenters. The fourth-order valence-corrected chi connectivity index (χ4v) is 5.04. The summed E-state index contributed by atoms with van der Waals surface area (Å²) >= 11 is 2.67. The van der Waals surface area contributed by atoms with Crippen molar-refractivity contribution in [1.29, 1.82) is 0 Å². The molecule has 1 aromatic rings. The van der Waals surface area contributed by atoms with E-state index in [1.54, 1.807) is 18.0 Å². The van der Waals surface area contributed by atoms with Gasteiger partial charge in [-0.05, 0) is 61.8 Å². The van der Waals surface area contributed by atoms with Gasteiger partial charge in [0, 0.05) is 19.9 Å². The molecule has 0 aliphatic heterocycles. The molecule has 12 heteroatoms. The van der Waals surface area contributed by atoms with Gasteiger partial charge in [-0.3, -0.25) is 24.0 Å². The number of benzene rings is 1. The smallest absolute Gasteiger partial charge is 0.243 e. The van der Waals surface area contributed by atoms with Gasteiger partial charge in [0.25, 0.3) is 0 Å². The predicted molar refractivity (Wildman–Crippen MR) is 167 cm³/mol. The molecule has 41 heavy (non-hydrogen) atoms. The molecule has 10 nitrogen and oxygen atoms in total. The van der Waals surface area contributed by atoms with E-state index >= 15 is 0 Å². The lowest BCUT2D eigenvalue weighted by Gasteiger charge is -2.26. The molecule has 6 N–H and O–H groups in total. The Morgan fingerprint density at radius 2 is 1.46 bits per heavy atom. The number of hydrogen-bond donors (Lipinski definition) is 5. The topological polar surface area (TPSA) is 159 Å². The van der Waals surface area contributed by atoms with Crippen molar-refractivity contribution < 1.29 is 24.0 Å². The standard InChI is InChI=1S/C29H47N5O5S2/c1-19(2)17-24(33-27(37)23(14-16-40-4)32-20(3)35)28(38)34-25(18-21-11-7-6-8-12-21)26(36)31-15-10-9-13-22(30)29(39)41-5/h6-8,11-12,19,22-25H,9-10,13-18,30H2,1-5H3,(H,31,36)(H,32,35)(H,33,37)(H,34,38). The number of carbonyl (C=O) groups excluding carboxylic acids is 5. The molecule has 1 aromatic carbocycles. The van der Waals surface area contributed by atoms with Gasteiger partial charge in [-0.2, -0.15) is 11.8 Å². The van der Waals surface area contributed by atoms with Gasteiger partial charge in [0.15, 0.2) is 0 Å². The monoisotopic (exact) mass is 609 g/mol. The Labute approximate surface area is 252 Å². The fraction of sp³-hybridized carbons (Fsp3) is 0.621. The molecule has 0 aliphatic rings. The van der Waals surface area contributed by atoms with Crippen LogP contribution in [0, 0.1) is 5.92 Å². The molecule has 4 amide bonds. The lowest BCUT2D eigenvalue weighted by molar-refractivity contribution is -0.133.